The van der Waals surface area contributed by atoms with Crippen molar-refractivity contribution in [2.45, 2.75) is 13.8 Å². The molecule has 0 bridgehead atoms. The lowest BCUT2D eigenvalue weighted by atomic mass is 10.1. The van der Waals surface area contributed by atoms with Crippen LogP contribution in [0.2, 0.25) is 0 Å². The Kier molecular flexibility index (Phi) is 3.79. The maximum absolute atomic E-state index is 12.4. The monoisotopic (exact) mass is 291 g/mol. The van der Waals surface area contributed by atoms with Gasteiger partial charge in [0.2, 0.25) is 0 Å². The minimum absolute atomic E-state index is 0.236. The van der Waals surface area contributed by atoms with Crippen molar-refractivity contribution in [1.82, 2.24) is 0 Å². The molecule has 3 nitrogen and oxygen atoms in total. The van der Waals surface area contributed by atoms with Gasteiger partial charge in [-0.1, -0.05) is 48.5 Å². The number of nitrogens with one attached hydrogen (secondary N) is 1. The summed E-state index contributed by atoms with van der Waals surface area (Å²) in [6, 6.07) is 19.2. The van der Waals surface area contributed by atoms with Crippen LogP contribution in [0.25, 0.3) is 11.3 Å². The van der Waals surface area contributed by atoms with Crippen molar-refractivity contribution < 1.29 is 9.21 Å². The van der Waals surface area contributed by atoms with Crippen LogP contribution in [0.5, 0.6) is 0 Å². The van der Waals surface area contributed by atoms with Gasteiger partial charge in [0.05, 0.1) is 0 Å². The molecule has 1 aromatic heterocycles. The van der Waals surface area contributed by atoms with Crippen LogP contribution in [-0.2, 0) is 0 Å². The fraction of sp³-hybridized carbons (Fsp3) is 0.105. The van der Waals surface area contributed by atoms with E-state index in [0.29, 0.717) is 11.5 Å². The molecule has 22 heavy (non-hydrogen) atoms. The molecule has 0 aliphatic carbocycles. The van der Waals surface area contributed by atoms with Crippen LogP contribution in [0.3, 0.4) is 0 Å². The molecule has 1 heterocycles. The number of hydrogen-bond acceptors (Lipinski definition) is 2. The average molecular weight is 291 g/mol. The van der Waals surface area contributed by atoms with E-state index < -0.39 is 0 Å². The van der Waals surface area contributed by atoms with Crippen molar-refractivity contribution in [3.63, 3.8) is 0 Å². The molecule has 1 amide bonds. The summed E-state index contributed by atoms with van der Waals surface area (Å²) in [5.74, 6) is 0.758. The molecule has 0 saturated carbocycles. The number of benzene rings is 2. The van der Waals surface area contributed by atoms with E-state index in [1.807, 2.05) is 68.4 Å². The quantitative estimate of drug-likeness (QED) is 0.752. The van der Waals surface area contributed by atoms with Gasteiger partial charge in [0.1, 0.15) is 5.76 Å². The Bertz CT molecular complexity index is 783. The predicted molar refractivity (Wildman–Crippen MR) is 88.0 cm³/mol. The molecule has 110 valence electrons. The second-order valence-electron chi connectivity index (χ2n) is 5.25. The van der Waals surface area contributed by atoms with Crippen LogP contribution in [0.4, 0.5) is 5.69 Å². The largest absolute Gasteiger partial charge is 0.451 e. The van der Waals surface area contributed by atoms with E-state index in [4.69, 9.17) is 4.42 Å². The summed E-state index contributed by atoms with van der Waals surface area (Å²) in [5.41, 5.74) is 3.85. The Morgan fingerprint density at radius 1 is 0.864 bits per heavy atom. The Morgan fingerprint density at radius 3 is 2.23 bits per heavy atom. The molecule has 3 heteroatoms. The molecule has 3 aromatic rings. The van der Waals surface area contributed by atoms with E-state index in [1.165, 1.54) is 0 Å². The first kappa shape index (κ1) is 14.1. The molecule has 0 aliphatic rings. The van der Waals surface area contributed by atoms with E-state index in [0.717, 1.165) is 22.4 Å². The zero-order chi connectivity index (χ0) is 15.5. The van der Waals surface area contributed by atoms with Crippen molar-refractivity contribution in [2.24, 2.45) is 0 Å². The van der Waals surface area contributed by atoms with Crippen LogP contribution in [0.1, 0.15) is 21.7 Å². The lowest BCUT2D eigenvalue weighted by Gasteiger charge is -2.10. The smallest absolute Gasteiger partial charge is 0.291 e. The fourth-order valence-corrected chi connectivity index (χ4v) is 2.40. The lowest BCUT2D eigenvalue weighted by Crippen LogP contribution is -2.12. The number of aryl methyl sites for hydroxylation is 2. The molecule has 0 aliphatic heterocycles. The van der Waals surface area contributed by atoms with Gasteiger partial charge in [0.25, 0.3) is 5.91 Å². The molecule has 1 N–H and O–H groups in total. The number of amides is 1. The highest BCUT2D eigenvalue weighted by molar-refractivity contribution is 6.03. The number of carbonyl (C=O) groups is 1. The lowest BCUT2D eigenvalue weighted by molar-refractivity contribution is 0.0997. The molecular weight excluding hydrogens is 274 g/mol. The Balaban J connectivity index is 1.83. The van der Waals surface area contributed by atoms with E-state index in [9.17, 15) is 4.79 Å². The average Bonchev–Trinajstić information content (AvgIpc) is 3.02. The van der Waals surface area contributed by atoms with Gasteiger partial charge in [-0.2, -0.15) is 0 Å². The number of anilines is 1. The first-order valence-corrected chi connectivity index (χ1v) is 7.18. The van der Waals surface area contributed by atoms with Crippen LogP contribution < -0.4 is 5.32 Å². The predicted octanol–water partition coefficient (Wildman–Crippen LogP) is 4.82. The van der Waals surface area contributed by atoms with Gasteiger partial charge in [-0.05, 0) is 37.1 Å². The van der Waals surface area contributed by atoms with Gasteiger partial charge in [0, 0.05) is 11.3 Å². The van der Waals surface area contributed by atoms with Crippen LogP contribution in [0.15, 0.2) is 65.1 Å². The summed E-state index contributed by atoms with van der Waals surface area (Å²) in [5, 5.41) is 2.93. The summed E-state index contributed by atoms with van der Waals surface area (Å²) in [6.07, 6.45) is 0. The van der Waals surface area contributed by atoms with Gasteiger partial charge < -0.3 is 9.73 Å². The van der Waals surface area contributed by atoms with Gasteiger partial charge >= 0.3 is 0 Å². The van der Waals surface area contributed by atoms with Gasteiger partial charge in [-0.3, -0.25) is 4.79 Å². The standard InChI is InChI=1S/C19H17NO2/c1-13-7-6-8-14(2)18(13)20-19(21)17-12-11-16(22-17)15-9-4-3-5-10-15/h3-12H,1-2H3,(H,20,21). The molecule has 3 rings (SSSR count). The number of furan rings is 1. The van der Waals surface area contributed by atoms with Crippen molar-refractivity contribution in [3.8, 4) is 11.3 Å². The van der Waals surface area contributed by atoms with Crippen molar-refractivity contribution in [3.05, 3.63) is 77.6 Å². The van der Waals surface area contributed by atoms with Crippen LogP contribution in [-0.4, -0.2) is 5.91 Å². The highest BCUT2D eigenvalue weighted by Crippen LogP contribution is 2.24. The Morgan fingerprint density at radius 2 is 1.55 bits per heavy atom. The van der Waals surface area contributed by atoms with E-state index in [1.54, 1.807) is 6.07 Å². The van der Waals surface area contributed by atoms with Gasteiger partial charge in [-0.25, -0.2) is 0 Å². The van der Waals surface area contributed by atoms with Crippen molar-refractivity contribution in [1.29, 1.82) is 0 Å². The molecule has 0 radical (unpaired) electrons. The molecule has 0 spiro atoms. The third kappa shape index (κ3) is 2.79. The van der Waals surface area contributed by atoms with Crippen LogP contribution in [0, 0.1) is 13.8 Å². The number of hydrogen-bond donors (Lipinski definition) is 1. The topological polar surface area (TPSA) is 42.2 Å². The SMILES string of the molecule is Cc1cccc(C)c1NC(=O)c1ccc(-c2ccccc2)o1. The molecule has 2 aromatic carbocycles. The third-order valence-corrected chi connectivity index (χ3v) is 3.61. The highest BCUT2D eigenvalue weighted by atomic mass is 16.3. The maximum atomic E-state index is 12.4. The summed E-state index contributed by atoms with van der Waals surface area (Å²) in [7, 11) is 0. The minimum Gasteiger partial charge on any atom is -0.451 e. The number of rotatable bonds is 3. The summed E-state index contributed by atoms with van der Waals surface area (Å²) < 4.78 is 5.67. The molecule has 0 unspecified atom stereocenters. The second kappa shape index (κ2) is 5.90. The zero-order valence-corrected chi connectivity index (χ0v) is 12.6. The molecule has 0 saturated heterocycles. The normalized spacial score (nSPS) is 10.5. The van der Waals surface area contributed by atoms with E-state index >= 15 is 0 Å². The first-order valence-electron chi connectivity index (χ1n) is 7.18. The molecular formula is C19H17NO2. The second-order valence-corrected chi connectivity index (χ2v) is 5.25. The Hall–Kier alpha value is -2.81. The number of carbonyl (C=O) groups excluding carboxylic acids is 1. The minimum atomic E-state index is -0.236. The van der Waals surface area contributed by atoms with Crippen LogP contribution >= 0.6 is 0 Å². The van der Waals surface area contributed by atoms with Gasteiger partial charge in [0.15, 0.2) is 5.76 Å². The molecule has 0 fully saturated rings. The maximum Gasteiger partial charge on any atom is 0.291 e. The summed E-state index contributed by atoms with van der Waals surface area (Å²) >= 11 is 0. The third-order valence-electron chi connectivity index (χ3n) is 3.61. The highest BCUT2D eigenvalue weighted by Gasteiger charge is 2.14. The van der Waals surface area contributed by atoms with E-state index in [-0.39, 0.29) is 5.91 Å². The number of para-hydroxylation sites is 1. The zero-order valence-electron chi connectivity index (χ0n) is 12.6. The first-order chi connectivity index (χ1) is 10.6. The van der Waals surface area contributed by atoms with E-state index in [2.05, 4.69) is 5.32 Å². The fourth-order valence-electron chi connectivity index (χ4n) is 2.40. The Labute approximate surface area is 129 Å². The van der Waals surface area contributed by atoms with Crippen molar-refractivity contribution in [2.75, 3.05) is 5.32 Å². The van der Waals surface area contributed by atoms with Crippen molar-refractivity contribution >= 4 is 11.6 Å². The summed E-state index contributed by atoms with van der Waals surface area (Å²) in [4.78, 5) is 12.4. The van der Waals surface area contributed by atoms with Gasteiger partial charge in [-0.15, -0.1) is 0 Å². The summed E-state index contributed by atoms with van der Waals surface area (Å²) in [6.45, 7) is 3.94. The molecule has 0 atom stereocenters.